The maximum absolute atomic E-state index is 15.5. The molecule has 8 nitrogen and oxygen atoms in total. The number of hydrogen-bond donors (Lipinski definition) is 0. The number of amides is 1. The number of alkyl halides is 2. The van der Waals surface area contributed by atoms with Crippen molar-refractivity contribution in [3.8, 4) is 16.9 Å². The number of aromatic nitrogens is 4. The Morgan fingerprint density at radius 3 is 2.70 bits per heavy atom. The number of carbonyl (C=O) groups excluding carboxylic acids is 1. The van der Waals surface area contributed by atoms with Crippen LogP contribution in [0.1, 0.15) is 32.4 Å². The van der Waals surface area contributed by atoms with Crippen molar-refractivity contribution in [2.45, 2.75) is 25.8 Å². The highest BCUT2D eigenvalue weighted by Gasteiger charge is 2.31. The Labute approximate surface area is 259 Å². The molecule has 0 saturated carbocycles. The molecule has 1 aliphatic rings. The number of hydrogen-bond acceptors (Lipinski definition) is 6. The molecule has 1 fully saturated rings. The van der Waals surface area contributed by atoms with Gasteiger partial charge in [-0.1, -0.05) is 42.9 Å². The van der Waals surface area contributed by atoms with Gasteiger partial charge in [0.15, 0.2) is 5.65 Å². The van der Waals surface area contributed by atoms with Crippen LogP contribution in [-0.2, 0) is 4.79 Å². The second-order valence-electron chi connectivity index (χ2n) is 10.5. The van der Waals surface area contributed by atoms with Gasteiger partial charge in [0.05, 0.1) is 36.1 Å². The summed E-state index contributed by atoms with van der Waals surface area (Å²) in [5.41, 5.74) is -0.383. The Morgan fingerprint density at radius 1 is 1.25 bits per heavy atom. The van der Waals surface area contributed by atoms with Crippen LogP contribution in [0.25, 0.3) is 34.1 Å². The minimum atomic E-state index is -1.28. The number of piperazine rings is 1. The highest BCUT2D eigenvalue weighted by molar-refractivity contribution is 6.34. The molecule has 1 aromatic carbocycles. The van der Waals surface area contributed by atoms with Gasteiger partial charge in [0.2, 0.25) is 5.91 Å². The van der Waals surface area contributed by atoms with E-state index in [9.17, 15) is 18.4 Å². The predicted molar refractivity (Wildman–Crippen MR) is 166 cm³/mol. The van der Waals surface area contributed by atoms with Crippen LogP contribution in [0.3, 0.4) is 0 Å². The standard InChI is InChI=1S/C32H30ClF3N6O2/c1-5-20-8-7-9-24(36)26(20)28-23(33)14-22-30(41-13-12-40(17-19(41)4)25(43)6-2)39-32(44)42(31(22)38-28)29-18(3)10-11-37-27(29)21(15-34)16-35/h5-11,14,19,21H,1-2,12-13,15-17H2,3-4H3/t19-/m0/s1/i1D2. The van der Waals surface area contributed by atoms with E-state index in [1.165, 1.54) is 36.5 Å². The molecule has 12 heteroatoms. The molecule has 0 aliphatic carbocycles. The number of pyridine rings is 2. The normalized spacial score (nSPS) is 15.8. The van der Waals surface area contributed by atoms with Crippen LogP contribution in [0.15, 0.2) is 60.5 Å². The average Bonchev–Trinajstić information content (AvgIpc) is 3.02. The largest absolute Gasteiger partial charge is 0.355 e. The molecule has 1 atom stereocenters. The Hall–Kier alpha value is -4.51. The summed E-state index contributed by atoms with van der Waals surface area (Å²) in [6.07, 6.45) is 3.75. The number of benzene rings is 1. The van der Waals surface area contributed by atoms with E-state index in [0.717, 1.165) is 10.6 Å². The molecule has 1 amide bonds. The van der Waals surface area contributed by atoms with Gasteiger partial charge in [-0.25, -0.2) is 18.7 Å². The third-order valence-corrected chi connectivity index (χ3v) is 8.05. The van der Waals surface area contributed by atoms with Gasteiger partial charge >= 0.3 is 5.69 Å². The molecule has 1 aliphatic heterocycles. The lowest BCUT2D eigenvalue weighted by Gasteiger charge is -2.40. The number of fused-ring (bicyclic) bond motifs is 1. The van der Waals surface area contributed by atoms with E-state index in [4.69, 9.17) is 19.3 Å². The third kappa shape index (κ3) is 5.36. The fourth-order valence-corrected chi connectivity index (χ4v) is 5.81. The van der Waals surface area contributed by atoms with Crippen molar-refractivity contribution < 1.29 is 20.7 Å². The summed E-state index contributed by atoms with van der Waals surface area (Å²) in [7, 11) is 0. The van der Waals surface area contributed by atoms with E-state index in [-0.39, 0.29) is 62.0 Å². The molecule has 4 heterocycles. The van der Waals surface area contributed by atoms with E-state index in [2.05, 4.69) is 16.5 Å². The minimum absolute atomic E-state index is 0.0151. The average molecular weight is 625 g/mol. The number of rotatable bonds is 8. The number of halogens is 4. The van der Waals surface area contributed by atoms with Gasteiger partial charge in [-0.15, -0.1) is 0 Å². The zero-order chi connectivity index (χ0) is 33.3. The second-order valence-corrected chi connectivity index (χ2v) is 10.9. The van der Waals surface area contributed by atoms with Gasteiger partial charge in [0, 0.05) is 37.4 Å². The first-order valence-corrected chi connectivity index (χ1v) is 14.2. The molecule has 228 valence electrons. The Bertz CT molecular complexity index is 1930. The minimum Gasteiger partial charge on any atom is -0.350 e. The van der Waals surface area contributed by atoms with Gasteiger partial charge in [0.1, 0.15) is 25.0 Å². The maximum Gasteiger partial charge on any atom is 0.355 e. The topological polar surface area (TPSA) is 84.2 Å². The molecule has 0 radical (unpaired) electrons. The van der Waals surface area contributed by atoms with E-state index in [1.54, 1.807) is 17.9 Å². The van der Waals surface area contributed by atoms with Crippen molar-refractivity contribution in [1.82, 2.24) is 24.4 Å². The highest BCUT2D eigenvalue weighted by Crippen LogP contribution is 2.37. The van der Waals surface area contributed by atoms with E-state index >= 15 is 4.39 Å². The van der Waals surface area contributed by atoms with Gasteiger partial charge in [-0.2, -0.15) is 4.98 Å². The molecule has 0 N–H and O–H groups in total. The monoisotopic (exact) mass is 624 g/mol. The number of anilines is 1. The number of aryl methyl sites for hydroxylation is 1. The predicted octanol–water partition coefficient (Wildman–Crippen LogP) is 5.83. The van der Waals surface area contributed by atoms with Crippen molar-refractivity contribution in [3.05, 3.63) is 93.9 Å². The van der Waals surface area contributed by atoms with E-state index < -0.39 is 37.3 Å². The Balaban J connectivity index is 1.87. The summed E-state index contributed by atoms with van der Waals surface area (Å²) < 4.78 is 59.9. The van der Waals surface area contributed by atoms with Crippen molar-refractivity contribution in [3.63, 3.8) is 0 Å². The number of nitrogens with zero attached hydrogens (tertiary/aromatic N) is 6. The van der Waals surface area contributed by atoms with E-state index in [1.807, 2.05) is 11.8 Å². The molecule has 0 unspecified atom stereocenters. The summed E-state index contributed by atoms with van der Waals surface area (Å²) in [4.78, 5) is 43.2. The molecule has 44 heavy (non-hydrogen) atoms. The van der Waals surface area contributed by atoms with Crippen molar-refractivity contribution >= 4 is 40.4 Å². The van der Waals surface area contributed by atoms with Crippen LogP contribution in [-0.4, -0.2) is 69.4 Å². The van der Waals surface area contributed by atoms with Crippen LogP contribution in [0.2, 0.25) is 5.02 Å². The summed E-state index contributed by atoms with van der Waals surface area (Å²) in [6.45, 7) is 5.23. The lowest BCUT2D eigenvalue weighted by atomic mass is 10.0. The van der Waals surface area contributed by atoms with Crippen LogP contribution in [0.4, 0.5) is 19.0 Å². The lowest BCUT2D eigenvalue weighted by molar-refractivity contribution is -0.126. The van der Waals surface area contributed by atoms with Crippen LogP contribution in [0, 0.1) is 12.7 Å². The van der Waals surface area contributed by atoms with Crippen LogP contribution in [0.5, 0.6) is 0 Å². The van der Waals surface area contributed by atoms with Gasteiger partial charge < -0.3 is 9.80 Å². The quantitative estimate of drug-likeness (QED) is 0.229. The maximum atomic E-state index is 15.5. The van der Waals surface area contributed by atoms with Crippen molar-refractivity contribution in [2.75, 3.05) is 37.9 Å². The van der Waals surface area contributed by atoms with E-state index in [0.29, 0.717) is 25.2 Å². The van der Waals surface area contributed by atoms with Gasteiger partial charge in [-0.05, 0) is 49.2 Å². The SMILES string of the molecule is [2H]C([2H])=Cc1cccc(F)c1-c1nc2c(cc1Cl)c(N1CCN(C(=O)C=C)C[C@@H]1C)nc(=O)n2-c1c(C)ccnc1C(CF)CF. The second kappa shape index (κ2) is 12.6. The zero-order valence-electron chi connectivity index (χ0n) is 26.0. The smallest absolute Gasteiger partial charge is 0.350 e. The first-order chi connectivity index (χ1) is 22.0. The summed E-state index contributed by atoms with van der Waals surface area (Å²) in [5, 5.41) is 0.267. The highest BCUT2D eigenvalue weighted by atomic mass is 35.5. The molecule has 4 aromatic rings. The molecule has 5 rings (SSSR count). The Morgan fingerprint density at radius 2 is 2.02 bits per heavy atom. The molecule has 0 spiro atoms. The molecule has 3 aromatic heterocycles. The third-order valence-electron chi connectivity index (χ3n) is 7.76. The molecule has 1 saturated heterocycles. The van der Waals surface area contributed by atoms with Gasteiger partial charge in [0.25, 0.3) is 0 Å². The molecule has 0 bridgehead atoms. The molecular formula is C32H30ClF3N6O2. The summed E-state index contributed by atoms with van der Waals surface area (Å²) in [5.74, 6) is -2.05. The lowest BCUT2D eigenvalue weighted by Crippen LogP contribution is -2.54. The van der Waals surface area contributed by atoms with Gasteiger partial charge in [-0.3, -0.25) is 18.6 Å². The van der Waals surface area contributed by atoms with Crippen LogP contribution < -0.4 is 10.6 Å². The first kappa shape index (κ1) is 28.3. The fraction of sp³-hybridized carbons (Fsp3) is 0.281. The molecular weight excluding hydrogens is 593 g/mol. The van der Waals surface area contributed by atoms with Crippen molar-refractivity contribution in [1.29, 1.82) is 0 Å². The van der Waals surface area contributed by atoms with Crippen molar-refractivity contribution in [2.24, 2.45) is 0 Å². The zero-order valence-corrected chi connectivity index (χ0v) is 24.8. The fourth-order valence-electron chi connectivity index (χ4n) is 5.56. The number of carbonyl (C=O) groups is 1. The first-order valence-electron chi connectivity index (χ1n) is 14.8. The summed E-state index contributed by atoms with van der Waals surface area (Å²) in [6, 6.07) is 6.85. The summed E-state index contributed by atoms with van der Waals surface area (Å²) >= 11 is 6.79. The Kier molecular flexibility index (Phi) is 8.10. The van der Waals surface area contributed by atoms with Crippen LogP contribution >= 0.6 is 11.6 Å².